The molecule has 0 fully saturated rings. The molecule has 0 saturated carbocycles. The summed E-state index contributed by atoms with van der Waals surface area (Å²) in [7, 11) is 0. The van der Waals surface area contributed by atoms with Crippen LogP contribution in [0.25, 0.3) is 0 Å². The van der Waals surface area contributed by atoms with Gasteiger partial charge in [0.1, 0.15) is 13.1 Å². The monoisotopic (exact) mass is 483 g/mol. The number of carbonyl (C=O) groups is 1. The lowest BCUT2D eigenvalue weighted by molar-refractivity contribution is -0.532. The van der Waals surface area contributed by atoms with Gasteiger partial charge in [-0.05, 0) is 30.4 Å². The lowest BCUT2D eigenvalue weighted by atomic mass is 9.77. The summed E-state index contributed by atoms with van der Waals surface area (Å²) in [5, 5.41) is 0. The SMILES string of the molecule is CCCCC[N+](CCCCC)=C1CCc2ccccc2C1CC(=O)c1ccccc1.[Br-]. The number of fused-ring (bicyclic) bond motifs is 1. The first-order valence-electron chi connectivity index (χ1n) is 12.0. The van der Waals surface area contributed by atoms with Crippen LogP contribution in [-0.4, -0.2) is 29.2 Å². The highest BCUT2D eigenvalue weighted by Gasteiger charge is 2.33. The second-order valence-corrected chi connectivity index (χ2v) is 8.64. The van der Waals surface area contributed by atoms with Crippen LogP contribution in [0, 0.1) is 0 Å². The number of aryl methyl sites for hydroxylation is 1. The Hall–Kier alpha value is -1.74. The quantitative estimate of drug-likeness (QED) is 0.270. The van der Waals surface area contributed by atoms with E-state index in [0.29, 0.717) is 6.42 Å². The van der Waals surface area contributed by atoms with Crippen molar-refractivity contribution in [3.05, 3.63) is 71.3 Å². The van der Waals surface area contributed by atoms with Crippen LogP contribution in [0.4, 0.5) is 0 Å². The number of Topliss-reactive ketones (excluding diaryl/α,β-unsaturated/α-hetero) is 1. The molecule has 0 aromatic heterocycles. The van der Waals surface area contributed by atoms with Gasteiger partial charge in [0.25, 0.3) is 0 Å². The molecule has 1 atom stereocenters. The Morgan fingerprint density at radius 1 is 0.839 bits per heavy atom. The Kier molecular flexibility index (Phi) is 11.2. The van der Waals surface area contributed by atoms with Gasteiger partial charge in [0, 0.05) is 31.2 Å². The summed E-state index contributed by atoms with van der Waals surface area (Å²) in [6, 6.07) is 18.6. The lowest BCUT2D eigenvalue weighted by Gasteiger charge is -2.26. The molecule has 3 heteroatoms. The molecule has 31 heavy (non-hydrogen) atoms. The first-order chi connectivity index (χ1) is 14.7. The van der Waals surface area contributed by atoms with E-state index in [1.54, 1.807) is 0 Å². The van der Waals surface area contributed by atoms with Gasteiger partial charge >= 0.3 is 0 Å². The average molecular weight is 485 g/mol. The fourth-order valence-corrected chi connectivity index (χ4v) is 4.76. The molecule has 1 aliphatic rings. The summed E-state index contributed by atoms with van der Waals surface area (Å²) < 4.78 is 2.66. The molecule has 3 rings (SSSR count). The maximum atomic E-state index is 13.2. The molecule has 0 radical (unpaired) electrons. The molecule has 0 spiro atoms. The van der Waals surface area contributed by atoms with E-state index in [1.807, 2.05) is 30.3 Å². The molecule has 0 saturated heterocycles. The molecule has 0 aliphatic heterocycles. The summed E-state index contributed by atoms with van der Waals surface area (Å²) in [4.78, 5) is 13.2. The molecule has 2 aromatic rings. The maximum absolute atomic E-state index is 13.2. The van der Waals surface area contributed by atoms with Crippen LogP contribution in [0.1, 0.15) is 92.6 Å². The minimum Gasteiger partial charge on any atom is -1.00 e. The molecule has 1 aliphatic carbocycles. The third-order valence-corrected chi connectivity index (χ3v) is 6.44. The van der Waals surface area contributed by atoms with Crippen LogP contribution in [0.3, 0.4) is 0 Å². The van der Waals surface area contributed by atoms with E-state index in [2.05, 4.69) is 42.7 Å². The van der Waals surface area contributed by atoms with Crippen molar-refractivity contribution < 1.29 is 26.4 Å². The van der Waals surface area contributed by atoms with Gasteiger partial charge in [0.15, 0.2) is 11.5 Å². The van der Waals surface area contributed by atoms with Crippen molar-refractivity contribution >= 4 is 11.5 Å². The van der Waals surface area contributed by atoms with Crippen molar-refractivity contribution in [3.8, 4) is 0 Å². The summed E-state index contributed by atoms with van der Waals surface area (Å²) >= 11 is 0. The summed E-state index contributed by atoms with van der Waals surface area (Å²) in [6.45, 7) is 6.80. The van der Waals surface area contributed by atoms with Gasteiger partial charge in [-0.15, -0.1) is 0 Å². The van der Waals surface area contributed by atoms with Crippen molar-refractivity contribution in [1.82, 2.24) is 0 Å². The van der Waals surface area contributed by atoms with Gasteiger partial charge < -0.3 is 17.0 Å². The Balaban J connectivity index is 0.00000341. The molecule has 1 unspecified atom stereocenters. The van der Waals surface area contributed by atoms with Gasteiger partial charge in [0.2, 0.25) is 0 Å². The summed E-state index contributed by atoms with van der Waals surface area (Å²) in [5.41, 5.74) is 5.14. The first kappa shape index (κ1) is 25.5. The first-order valence-corrected chi connectivity index (χ1v) is 12.0. The van der Waals surface area contributed by atoms with Crippen LogP contribution in [0.2, 0.25) is 0 Å². The number of unbranched alkanes of at least 4 members (excludes halogenated alkanes) is 4. The highest BCUT2D eigenvalue weighted by molar-refractivity contribution is 6.01. The number of ketones is 1. The minimum atomic E-state index is 0. The van der Waals surface area contributed by atoms with Crippen molar-refractivity contribution in [2.45, 2.75) is 77.6 Å². The number of hydrogen-bond acceptors (Lipinski definition) is 1. The summed E-state index contributed by atoms with van der Waals surface area (Å²) in [6.07, 6.45) is 10.3. The van der Waals surface area contributed by atoms with Gasteiger partial charge in [-0.1, -0.05) is 81.3 Å². The highest BCUT2D eigenvalue weighted by Crippen LogP contribution is 2.33. The Morgan fingerprint density at radius 2 is 1.45 bits per heavy atom. The zero-order chi connectivity index (χ0) is 21.2. The van der Waals surface area contributed by atoms with E-state index < -0.39 is 0 Å². The van der Waals surface area contributed by atoms with Crippen molar-refractivity contribution in [2.75, 3.05) is 13.1 Å². The maximum Gasteiger partial charge on any atom is 0.164 e. The molecule has 0 heterocycles. The van der Waals surface area contributed by atoms with E-state index in [-0.39, 0.29) is 28.7 Å². The lowest BCUT2D eigenvalue weighted by Crippen LogP contribution is -3.00. The smallest absolute Gasteiger partial charge is 0.164 e. The molecule has 2 aromatic carbocycles. The van der Waals surface area contributed by atoms with Gasteiger partial charge in [0.05, 0.1) is 5.92 Å². The Bertz CT molecular complexity index is 831. The number of benzene rings is 2. The van der Waals surface area contributed by atoms with Crippen LogP contribution >= 0.6 is 0 Å². The molecule has 2 nitrogen and oxygen atoms in total. The van der Waals surface area contributed by atoms with Gasteiger partial charge in [-0.3, -0.25) is 4.79 Å². The zero-order valence-corrected chi connectivity index (χ0v) is 20.9. The number of halogens is 1. The van der Waals surface area contributed by atoms with E-state index >= 15 is 0 Å². The van der Waals surface area contributed by atoms with Crippen molar-refractivity contribution in [3.63, 3.8) is 0 Å². The molecule has 0 N–H and O–H groups in total. The third-order valence-electron chi connectivity index (χ3n) is 6.44. The topological polar surface area (TPSA) is 20.1 Å². The molecule has 0 bridgehead atoms. The minimum absolute atomic E-state index is 0. The predicted molar refractivity (Wildman–Crippen MR) is 127 cm³/mol. The standard InChI is InChI=1S/C28H38NO.BrH/c1-3-5-12-20-29(21-13-6-4-2)27-19-18-23-14-10-11-17-25(23)26(27)22-28(30)24-15-8-7-9-16-24;/h7-11,14-17,26H,3-6,12-13,18-22H2,1-2H3;1H/q+1;/p-1. The van der Waals surface area contributed by atoms with Crippen molar-refractivity contribution in [2.24, 2.45) is 0 Å². The van der Waals surface area contributed by atoms with Crippen LogP contribution in [0.5, 0.6) is 0 Å². The second kappa shape index (κ2) is 13.6. The number of nitrogens with zero attached hydrogens (tertiary/aromatic N) is 1. The second-order valence-electron chi connectivity index (χ2n) is 8.64. The molecular formula is C28H38BrNO. The van der Waals surface area contributed by atoms with E-state index in [9.17, 15) is 4.79 Å². The van der Waals surface area contributed by atoms with Gasteiger partial charge in [-0.2, -0.15) is 0 Å². The third kappa shape index (κ3) is 7.14. The molecule has 0 amide bonds. The van der Waals surface area contributed by atoms with E-state index in [1.165, 1.54) is 55.4 Å². The van der Waals surface area contributed by atoms with Crippen LogP contribution in [-0.2, 0) is 6.42 Å². The highest BCUT2D eigenvalue weighted by atomic mass is 79.9. The fourth-order valence-electron chi connectivity index (χ4n) is 4.76. The van der Waals surface area contributed by atoms with E-state index in [4.69, 9.17) is 0 Å². The number of carbonyl (C=O) groups excluding carboxylic acids is 1. The Morgan fingerprint density at radius 3 is 2.10 bits per heavy atom. The predicted octanol–water partition coefficient (Wildman–Crippen LogP) is 3.83. The fraction of sp³-hybridized carbons (Fsp3) is 0.500. The Labute approximate surface area is 199 Å². The average Bonchev–Trinajstić information content (AvgIpc) is 2.79. The van der Waals surface area contributed by atoms with Crippen LogP contribution < -0.4 is 17.0 Å². The summed E-state index contributed by atoms with van der Waals surface area (Å²) in [5.74, 6) is 0.475. The normalized spacial score (nSPS) is 15.2. The number of rotatable bonds is 11. The largest absolute Gasteiger partial charge is 1.00 e. The molecular weight excluding hydrogens is 446 g/mol. The van der Waals surface area contributed by atoms with Gasteiger partial charge in [-0.25, -0.2) is 4.58 Å². The van der Waals surface area contributed by atoms with E-state index in [0.717, 1.165) is 31.5 Å². The van der Waals surface area contributed by atoms with Crippen molar-refractivity contribution in [1.29, 1.82) is 0 Å². The van der Waals surface area contributed by atoms with Crippen LogP contribution in [0.15, 0.2) is 54.6 Å². The molecule has 168 valence electrons. The number of hydrogen-bond donors (Lipinski definition) is 0. The zero-order valence-electron chi connectivity index (χ0n) is 19.3.